The normalized spacial score (nSPS) is 11.4. The minimum Gasteiger partial charge on any atom is -0.348 e. The lowest BCUT2D eigenvalue weighted by Crippen LogP contribution is -2.39. The summed E-state index contributed by atoms with van der Waals surface area (Å²) >= 11 is 3.46. The van der Waals surface area contributed by atoms with Crippen LogP contribution in [0.2, 0.25) is 0 Å². The molecule has 0 radical (unpaired) electrons. The maximum absolute atomic E-state index is 5.67. The first kappa shape index (κ1) is 14.0. The van der Waals surface area contributed by atoms with Crippen LogP contribution < -0.4 is 11.1 Å². The summed E-state index contributed by atoms with van der Waals surface area (Å²) in [5, 5.41) is 3.20. The second-order valence-electron chi connectivity index (χ2n) is 5.02. The Labute approximate surface area is 121 Å². The maximum atomic E-state index is 5.67. The van der Waals surface area contributed by atoms with Gasteiger partial charge in [-0.05, 0) is 31.5 Å². The number of hydrogen-bond donors (Lipinski definition) is 2. The average molecular weight is 321 g/mol. The predicted octanol–water partition coefficient (Wildman–Crippen LogP) is 3.06. The van der Waals surface area contributed by atoms with E-state index in [9.17, 15) is 0 Å². The van der Waals surface area contributed by atoms with Crippen molar-refractivity contribution in [3.05, 3.63) is 41.1 Å². The molecule has 0 aliphatic rings. The fourth-order valence-corrected chi connectivity index (χ4v) is 1.96. The first-order valence-electron chi connectivity index (χ1n) is 6.06. The van der Waals surface area contributed by atoms with Crippen LogP contribution in [-0.4, -0.2) is 22.1 Å². The van der Waals surface area contributed by atoms with Crippen molar-refractivity contribution in [3.8, 4) is 11.1 Å². The van der Waals surface area contributed by atoms with Crippen molar-refractivity contribution in [1.29, 1.82) is 0 Å². The van der Waals surface area contributed by atoms with E-state index < -0.39 is 0 Å². The highest BCUT2D eigenvalue weighted by Gasteiger charge is 2.15. The summed E-state index contributed by atoms with van der Waals surface area (Å²) in [5.41, 5.74) is 7.52. The molecule has 0 saturated carbocycles. The monoisotopic (exact) mass is 320 g/mol. The van der Waals surface area contributed by atoms with Gasteiger partial charge in [-0.25, -0.2) is 9.97 Å². The standard InChI is InChI=1S/C14H17BrN4/c1-14(2,9-16)19-13-17-7-11(8-18-13)10-4-3-5-12(15)6-10/h3-8H,9,16H2,1-2H3,(H,17,18,19). The van der Waals surface area contributed by atoms with E-state index in [1.807, 2.05) is 50.5 Å². The quantitative estimate of drug-likeness (QED) is 0.908. The Hall–Kier alpha value is -1.46. The molecule has 1 aromatic heterocycles. The number of aromatic nitrogens is 2. The van der Waals surface area contributed by atoms with Crippen molar-refractivity contribution < 1.29 is 0 Å². The maximum Gasteiger partial charge on any atom is 0.223 e. The van der Waals surface area contributed by atoms with Crippen molar-refractivity contribution in [2.24, 2.45) is 5.73 Å². The van der Waals surface area contributed by atoms with Gasteiger partial charge in [0.25, 0.3) is 0 Å². The molecular weight excluding hydrogens is 304 g/mol. The molecule has 2 rings (SSSR count). The van der Waals surface area contributed by atoms with E-state index >= 15 is 0 Å². The van der Waals surface area contributed by atoms with Crippen LogP contribution in [0.5, 0.6) is 0 Å². The Kier molecular flexibility index (Phi) is 4.17. The van der Waals surface area contributed by atoms with Crippen LogP contribution >= 0.6 is 15.9 Å². The zero-order valence-electron chi connectivity index (χ0n) is 11.0. The Morgan fingerprint density at radius 3 is 2.47 bits per heavy atom. The minimum absolute atomic E-state index is 0.211. The van der Waals surface area contributed by atoms with Crippen molar-refractivity contribution in [2.45, 2.75) is 19.4 Å². The van der Waals surface area contributed by atoms with Crippen LogP contribution in [0.1, 0.15) is 13.8 Å². The van der Waals surface area contributed by atoms with E-state index in [1.54, 1.807) is 0 Å². The van der Waals surface area contributed by atoms with Crippen molar-refractivity contribution in [3.63, 3.8) is 0 Å². The summed E-state index contributed by atoms with van der Waals surface area (Å²) in [5.74, 6) is 0.592. The topological polar surface area (TPSA) is 63.8 Å². The summed E-state index contributed by atoms with van der Waals surface area (Å²) in [6.07, 6.45) is 3.62. The molecule has 19 heavy (non-hydrogen) atoms. The van der Waals surface area contributed by atoms with Gasteiger partial charge in [-0.2, -0.15) is 0 Å². The van der Waals surface area contributed by atoms with Crippen molar-refractivity contribution in [1.82, 2.24) is 9.97 Å². The molecule has 0 saturated heterocycles. The molecule has 0 atom stereocenters. The van der Waals surface area contributed by atoms with E-state index in [2.05, 4.69) is 31.2 Å². The molecule has 1 heterocycles. The third kappa shape index (κ3) is 3.75. The molecule has 0 bridgehead atoms. The molecule has 0 amide bonds. The zero-order valence-corrected chi connectivity index (χ0v) is 12.6. The highest BCUT2D eigenvalue weighted by atomic mass is 79.9. The van der Waals surface area contributed by atoms with Gasteiger partial charge in [0.2, 0.25) is 5.95 Å². The molecular formula is C14H17BrN4. The van der Waals surface area contributed by atoms with Crippen LogP contribution in [0.25, 0.3) is 11.1 Å². The van der Waals surface area contributed by atoms with Crippen LogP contribution in [0, 0.1) is 0 Å². The van der Waals surface area contributed by atoms with Gasteiger partial charge in [-0.15, -0.1) is 0 Å². The van der Waals surface area contributed by atoms with Gasteiger partial charge in [0.15, 0.2) is 0 Å². The highest BCUT2D eigenvalue weighted by Crippen LogP contribution is 2.22. The van der Waals surface area contributed by atoms with Crippen LogP contribution in [-0.2, 0) is 0 Å². The fraction of sp³-hybridized carbons (Fsp3) is 0.286. The van der Waals surface area contributed by atoms with Gasteiger partial charge in [0.05, 0.1) is 0 Å². The molecule has 5 heteroatoms. The predicted molar refractivity (Wildman–Crippen MR) is 81.9 cm³/mol. The van der Waals surface area contributed by atoms with E-state index in [0.29, 0.717) is 12.5 Å². The lowest BCUT2D eigenvalue weighted by molar-refractivity contribution is 0.574. The summed E-state index contributed by atoms with van der Waals surface area (Å²) in [6, 6.07) is 8.04. The third-order valence-corrected chi connectivity index (χ3v) is 3.26. The number of nitrogens with one attached hydrogen (secondary N) is 1. The highest BCUT2D eigenvalue weighted by molar-refractivity contribution is 9.10. The summed E-state index contributed by atoms with van der Waals surface area (Å²) in [7, 11) is 0. The molecule has 0 aliphatic heterocycles. The van der Waals surface area contributed by atoms with Gasteiger partial charge < -0.3 is 11.1 Å². The third-order valence-electron chi connectivity index (χ3n) is 2.77. The molecule has 0 aliphatic carbocycles. The van der Waals surface area contributed by atoms with Gasteiger partial charge in [-0.1, -0.05) is 28.1 Å². The molecule has 2 aromatic rings. The smallest absolute Gasteiger partial charge is 0.223 e. The van der Waals surface area contributed by atoms with E-state index in [4.69, 9.17) is 5.73 Å². The Morgan fingerprint density at radius 2 is 1.89 bits per heavy atom. The minimum atomic E-state index is -0.211. The largest absolute Gasteiger partial charge is 0.348 e. The molecule has 100 valence electrons. The summed E-state index contributed by atoms with van der Waals surface area (Å²) in [6.45, 7) is 4.54. The Bertz CT molecular complexity index is 552. The van der Waals surface area contributed by atoms with Crippen LogP contribution in [0.15, 0.2) is 41.1 Å². The number of nitrogens with zero attached hydrogens (tertiary/aromatic N) is 2. The molecule has 4 nitrogen and oxygen atoms in total. The first-order valence-corrected chi connectivity index (χ1v) is 6.86. The lowest BCUT2D eigenvalue weighted by Gasteiger charge is -2.23. The second kappa shape index (κ2) is 5.67. The van der Waals surface area contributed by atoms with Gasteiger partial charge in [0.1, 0.15) is 0 Å². The number of hydrogen-bond acceptors (Lipinski definition) is 4. The van der Waals surface area contributed by atoms with Crippen molar-refractivity contribution >= 4 is 21.9 Å². The molecule has 3 N–H and O–H groups in total. The Balaban J connectivity index is 2.19. The van der Waals surface area contributed by atoms with Gasteiger partial charge >= 0.3 is 0 Å². The molecule has 0 fully saturated rings. The van der Waals surface area contributed by atoms with Gasteiger partial charge in [0, 0.05) is 34.5 Å². The second-order valence-corrected chi connectivity index (χ2v) is 5.93. The van der Waals surface area contributed by atoms with Gasteiger partial charge in [-0.3, -0.25) is 0 Å². The SMILES string of the molecule is CC(C)(CN)Nc1ncc(-c2cccc(Br)c2)cn1. The number of rotatable bonds is 4. The van der Waals surface area contributed by atoms with E-state index in [1.165, 1.54) is 0 Å². The number of halogens is 1. The Morgan fingerprint density at radius 1 is 1.21 bits per heavy atom. The van der Waals surface area contributed by atoms with E-state index in [-0.39, 0.29) is 5.54 Å². The van der Waals surface area contributed by atoms with E-state index in [0.717, 1.165) is 15.6 Å². The molecule has 0 unspecified atom stereocenters. The average Bonchev–Trinajstić information content (AvgIpc) is 2.39. The molecule has 0 spiro atoms. The fourth-order valence-electron chi connectivity index (χ4n) is 1.56. The molecule has 1 aromatic carbocycles. The summed E-state index contributed by atoms with van der Waals surface area (Å²) < 4.78 is 1.04. The first-order chi connectivity index (χ1) is 9.00. The number of benzene rings is 1. The lowest BCUT2D eigenvalue weighted by atomic mass is 10.1. The van der Waals surface area contributed by atoms with Crippen molar-refractivity contribution in [2.75, 3.05) is 11.9 Å². The number of anilines is 1. The van der Waals surface area contributed by atoms with Crippen LogP contribution in [0.4, 0.5) is 5.95 Å². The van der Waals surface area contributed by atoms with Crippen LogP contribution in [0.3, 0.4) is 0 Å². The summed E-state index contributed by atoms with van der Waals surface area (Å²) in [4.78, 5) is 8.65. The zero-order chi connectivity index (χ0) is 13.9. The number of nitrogens with two attached hydrogens (primary N) is 1.